The molecular formula is C10H19ClN2S. The number of nitrogens with two attached hydrogens (primary N) is 2. The van der Waals surface area contributed by atoms with Gasteiger partial charge in [0.1, 0.15) is 0 Å². The van der Waals surface area contributed by atoms with Gasteiger partial charge in [-0.25, -0.2) is 0 Å². The maximum absolute atomic E-state index is 5.61. The van der Waals surface area contributed by atoms with Crippen molar-refractivity contribution in [3.63, 3.8) is 0 Å². The maximum atomic E-state index is 5.61. The molecule has 0 amide bonds. The molecule has 0 saturated carbocycles. The highest BCUT2D eigenvalue weighted by atomic mass is 35.5. The SMILES string of the molecule is CC.CSC.Nc1ccc(N)c(Cl)c1. The van der Waals surface area contributed by atoms with E-state index in [0.29, 0.717) is 16.4 Å². The first-order chi connectivity index (χ1) is 6.61. The molecule has 1 rings (SSSR count). The van der Waals surface area contributed by atoms with E-state index in [2.05, 4.69) is 0 Å². The Morgan fingerprint density at radius 2 is 1.57 bits per heavy atom. The predicted molar refractivity (Wildman–Crippen MR) is 71.1 cm³/mol. The molecule has 0 atom stereocenters. The standard InChI is InChI=1S/C6H7ClN2.C2H6S.C2H6/c7-5-3-4(8)1-2-6(5)9;1-3-2;1-2/h1-3H,8-9H2;1-2H3;1-2H3. The van der Waals surface area contributed by atoms with Crippen LogP contribution in [0.1, 0.15) is 13.8 Å². The summed E-state index contributed by atoms with van der Waals surface area (Å²) >= 11 is 7.36. The number of nitrogen functional groups attached to an aromatic ring is 2. The van der Waals surface area contributed by atoms with Crippen molar-refractivity contribution in [3.8, 4) is 0 Å². The first-order valence-corrected chi connectivity index (χ1v) is 6.33. The lowest BCUT2D eigenvalue weighted by molar-refractivity contribution is 1.50. The van der Waals surface area contributed by atoms with Crippen LogP contribution in [0.2, 0.25) is 5.02 Å². The second-order valence-corrected chi connectivity index (χ2v) is 3.41. The summed E-state index contributed by atoms with van der Waals surface area (Å²) in [6.07, 6.45) is 4.08. The van der Waals surface area contributed by atoms with E-state index >= 15 is 0 Å². The Morgan fingerprint density at radius 1 is 1.14 bits per heavy atom. The van der Waals surface area contributed by atoms with Gasteiger partial charge in [0.05, 0.1) is 10.7 Å². The summed E-state index contributed by atoms with van der Waals surface area (Å²) in [6, 6.07) is 5.01. The van der Waals surface area contributed by atoms with Crippen molar-refractivity contribution >= 4 is 34.7 Å². The van der Waals surface area contributed by atoms with Crippen molar-refractivity contribution in [2.75, 3.05) is 24.0 Å². The van der Waals surface area contributed by atoms with Crippen LogP contribution in [0.25, 0.3) is 0 Å². The Kier molecular flexibility index (Phi) is 12.0. The van der Waals surface area contributed by atoms with Crippen LogP contribution in [0.3, 0.4) is 0 Å². The zero-order valence-electron chi connectivity index (χ0n) is 9.17. The molecule has 2 nitrogen and oxygen atoms in total. The van der Waals surface area contributed by atoms with E-state index < -0.39 is 0 Å². The van der Waals surface area contributed by atoms with Crippen LogP contribution in [-0.2, 0) is 0 Å². The molecule has 0 saturated heterocycles. The van der Waals surface area contributed by atoms with Gasteiger partial charge in [-0.2, -0.15) is 11.8 Å². The van der Waals surface area contributed by atoms with Crippen molar-refractivity contribution in [1.29, 1.82) is 0 Å². The zero-order chi connectivity index (χ0) is 11.6. The monoisotopic (exact) mass is 234 g/mol. The van der Waals surface area contributed by atoms with Crippen LogP contribution in [0.15, 0.2) is 18.2 Å². The molecule has 0 aromatic heterocycles. The molecule has 0 bridgehead atoms. The Morgan fingerprint density at radius 3 is 1.86 bits per heavy atom. The first kappa shape index (κ1) is 15.9. The number of thioether (sulfide) groups is 1. The molecule has 0 unspecified atom stereocenters. The molecule has 82 valence electrons. The predicted octanol–water partition coefficient (Wildman–Crippen LogP) is 3.51. The average Bonchev–Trinajstić information content (AvgIpc) is 2.17. The molecule has 1 aromatic rings. The quantitative estimate of drug-likeness (QED) is 0.676. The van der Waals surface area contributed by atoms with Gasteiger partial charge in [0, 0.05) is 5.69 Å². The molecular weight excluding hydrogens is 216 g/mol. The summed E-state index contributed by atoms with van der Waals surface area (Å²) in [5.41, 5.74) is 12.0. The van der Waals surface area contributed by atoms with Gasteiger partial charge in [-0.15, -0.1) is 0 Å². The lowest BCUT2D eigenvalue weighted by Gasteiger charge is -1.96. The third-order valence-electron chi connectivity index (χ3n) is 1.02. The number of hydrogen-bond donors (Lipinski definition) is 2. The topological polar surface area (TPSA) is 52.0 Å². The second-order valence-electron chi connectivity index (χ2n) is 2.19. The number of hydrogen-bond acceptors (Lipinski definition) is 3. The number of anilines is 2. The molecule has 4 N–H and O–H groups in total. The van der Waals surface area contributed by atoms with Crippen LogP contribution >= 0.6 is 23.4 Å². The summed E-state index contributed by atoms with van der Waals surface area (Å²) in [7, 11) is 0. The lowest BCUT2D eigenvalue weighted by atomic mass is 10.3. The summed E-state index contributed by atoms with van der Waals surface area (Å²) in [4.78, 5) is 0. The van der Waals surface area contributed by atoms with E-state index in [1.165, 1.54) is 0 Å². The second kappa shape index (κ2) is 10.5. The van der Waals surface area contributed by atoms with E-state index in [4.69, 9.17) is 23.1 Å². The number of rotatable bonds is 0. The fraction of sp³-hybridized carbons (Fsp3) is 0.400. The first-order valence-electron chi connectivity index (χ1n) is 4.32. The van der Waals surface area contributed by atoms with E-state index in [-0.39, 0.29) is 0 Å². The molecule has 0 aliphatic rings. The summed E-state index contributed by atoms with van der Waals surface area (Å²) < 4.78 is 0. The van der Waals surface area contributed by atoms with Gasteiger partial charge in [-0.1, -0.05) is 25.4 Å². The highest BCUT2D eigenvalue weighted by Crippen LogP contribution is 2.20. The lowest BCUT2D eigenvalue weighted by Crippen LogP contribution is -1.88. The summed E-state index contributed by atoms with van der Waals surface area (Å²) in [5.74, 6) is 0. The maximum Gasteiger partial charge on any atom is 0.0655 e. The molecule has 0 radical (unpaired) electrons. The van der Waals surface area contributed by atoms with Gasteiger partial charge in [0.2, 0.25) is 0 Å². The van der Waals surface area contributed by atoms with E-state index in [1.807, 2.05) is 26.4 Å². The van der Waals surface area contributed by atoms with Crippen LogP contribution < -0.4 is 11.5 Å². The molecule has 0 aliphatic heterocycles. The van der Waals surface area contributed by atoms with Crippen LogP contribution in [0, 0.1) is 0 Å². The molecule has 0 fully saturated rings. The molecule has 14 heavy (non-hydrogen) atoms. The Labute approximate surface area is 96.0 Å². The Hall–Kier alpha value is -0.540. The third-order valence-corrected chi connectivity index (χ3v) is 1.35. The minimum absolute atomic E-state index is 0.509. The molecule has 1 aromatic carbocycles. The van der Waals surface area contributed by atoms with Gasteiger partial charge in [-0.3, -0.25) is 0 Å². The van der Waals surface area contributed by atoms with Crippen molar-refractivity contribution in [2.24, 2.45) is 0 Å². The van der Waals surface area contributed by atoms with Gasteiger partial charge >= 0.3 is 0 Å². The molecule has 0 heterocycles. The van der Waals surface area contributed by atoms with Crippen molar-refractivity contribution < 1.29 is 0 Å². The van der Waals surface area contributed by atoms with E-state index in [1.54, 1.807) is 30.0 Å². The highest BCUT2D eigenvalue weighted by molar-refractivity contribution is 7.97. The Bertz CT molecular complexity index is 242. The van der Waals surface area contributed by atoms with E-state index in [9.17, 15) is 0 Å². The van der Waals surface area contributed by atoms with Gasteiger partial charge in [-0.05, 0) is 30.7 Å². The van der Waals surface area contributed by atoms with Crippen LogP contribution in [0.5, 0.6) is 0 Å². The van der Waals surface area contributed by atoms with Gasteiger partial charge in [0.15, 0.2) is 0 Å². The smallest absolute Gasteiger partial charge is 0.0655 e. The number of halogens is 1. The van der Waals surface area contributed by atoms with Crippen molar-refractivity contribution in [1.82, 2.24) is 0 Å². The normalized spacial score (nSPS) is 7.79. The largest absolute Gasteiger partial charge is 0.399 e. The molecule has 4 heteroatoms. The Balaban J connectivity index is 0. The molecule has 0 aliphatic carbocycles. The summed E-state index contributed by atoms with van der Waals surface area (Å²) in [5, 5.41) is 0.509. The summed E-state index contributed by atoms with van der Waals surface area (Å²) in [6.45, 7) is 4.00. The number of benzene rings is 1. The molecule has 0 spiro atoms. The fourth-order valence-corrected chi connectivity index (χ4v) is 0.732. The minimum Gasteiger partial charge on any atom is -0.399 e. The minimum atomic E-state index is 0.509. The van der Waals surface area contributed by atoms with Crippen LogP contribution in [0.4, 0.5) is 11.4 Å². The fourth-order valence-electron chi connectivity index (χ4n) is 0.543. The van der Waals surface area contributed by atoms with Crippen molar-refractivity contribution in [3.05, 3.63) is 23.2 Å². The van der Waals surface area contributed by atoms with E-state index in [0.717, 1.165) is 0 Å². The zero-order valence-corrected chi connectivity index (χ0v) is 10.7. The third kappa shape index (κ3) is 8.08. The van der Waals surface area contributed by atoms with Crippen molar-refractivity contribution in [2.45, 2.75) is 13.8 Å². The van der Waals surface area contributed by atoms with Gasteiger partial charge < -0.3 is 11.5 Å². The highest BCUT2D eigenvalue weighted by Gasteiger charge is 1.92. The average molecular weight is 235 g/mol. The van der Waals surface area contributed by atoms with Gasteiger partial charge in [0.25, 0.3) is 0 Å². The van der Waals surface area contributed by atoms with Crippen LogP contribution in [-0.4, -0.2) is 12.5 Å².